The zero-order valence-electron chi connectivity index (χ0n) is 13.0. The molecule has 130 valence electrons. The SMILES string of the molecule is O=S1O[C@H]2[C@H](COC[C@@H]2N2c3ccccc3Oc3cc(F)ccc32)O1. The molecule has 3 aliphatic rings. The predicted octanol–water partition coefficient (Wildman–Crippen LogP) is 2.83. The van der Waals surface area contributed by atoms with Gasteiger partial charge in [-0.2, -0.15) is 4.21 Å². The normalized spacial score (nSPS) is 30.2. The molecular weight excluding hydrogens is 349 g/mol. The molecule has 0 aromatic heterocycles. The lowest BCUT2D eigenvalue weighted by Gasteiger charge is -2.42. The second-order valence-electron chi connectivity index (χ2n) is 6.06. The summed E-state index contributed by atoms with van der Waals surface area (Å²) in [6, 6.07) is 11.6. The van der Waals surface area contributed by atoms with Gasteiger partial charge in [-0.3, -0.25) is 8.37 Å². The van der Waals surface area contributed by atoms with Gasteiger partial charge >= 0.3 is 11.4 Å². The number of hydrogen-bond acceptors (Lipinski definition) is 6. The fourth-order valence-electron chi connectivity index (χ4n) is 3.50. The van der Waals surface area contributed by atoms with Gasteiger partial charge in [-0.1, -0.05) is 12.1 Å². The molecule has 4 atom stereocenters. The second kappa shape index (κ2) is 5.77. The van der Waals surface area contributed by atoms with Gasteiger partial charge in [0.15, 0.2) is 11.5 Å². The topological polar surface area (TPSA) is 57.2 Å². The zero-order valence-corrected chi connectivity index (χ0v) is 13.8. The van der Waals surface area contributed by atoms with Gasteiger partial charge in [0.05, 0.1) is 30.6 Å². The summed E-state index contributed by atoms with van der Waals surface area (Å²) in [5.41, 5.74) is 1.52. The Morgan fingerprint density at radius 1 is 1.04 bits per heavy atom. The van der Waals surface area contributed by atoms with Gasteiger partial charge in [0.1, 0.15) is 18.0 Å². The van der Waals surface area contributed by atoms with Crippen LogP contribution in [0.2, 0.25) is 0 Å². The van der Waals surface area contributed by atoms with E-state index in [0.29, 0.717) is 30.4 Å². The van der Waals surface area contributed by atoms with Crippen LogP contribution >= 0.6 is 0 Å². The molecule has 0 aliphatic carbocycles. The van der Waals surface area contributed by atoms with Crippen molar-refractivity contribution in [1.82, 2.24) is 0 Å². The fourth-order valence-corrected chi connectivity index (χ4v) is 4.35. The molecule has 25 heavy (non-hydrogen) atoms. The third-order valence-electron chi connectivity index (χ3n) is 4.57. The van der Waals surface area contributed by atoms with Crippen molar-refractivity contribution in [3.8, 4) is 11.5 Å². The first kappa shape index (κ1) is 15.3. The predicted molar refractivity (Wildman–Crippen MR) is 87.6 cm³/mol. The summed E-state index contributed by atoms with van der Waals surface area (Å²) >= 11 is -1.79. The molecule has 0 radical (unpaired) electrons. The summed E-state index contributed by atoms with van der Waals surface area (Å²) in [4.78, 5) is 2.00. The van der Waals surface area contributed by atoms with Crippen LogP contribution in [0.4, 0.5) is 15.8 Å². The number of fused-ring (bicyclic) bond motifs is 3. The Labute approximate surface area is 145 Å². The van der Waals surface area contributed by atoms with Crippen LogP contribution in [-0.2, 0) is 24.5 Å². The maximum atomic E-state index is 13.7. The summed E-state index contributed by atoms with van der Waals surface area (Å²) in [5, 5.41) is 0. The molecule has 5 rings (SSSR count). The molecule has 2 fully saturated rings. The van der Waals surface area contributed by atoms with Crippen molar-refractivity contribution in [3.05, 3.63) is 48.3 Å². The van der Waals surface area contributed by atoms with E-state index in [-0.39, 0.29) is 11.9 Å². The highest BCUT2D eigenvalue weighted by Crippen LogP contribution is 2.49. The number of ether oxygens (including phenoxy) is 2. The summed E-state index contributed by atoms with van der Waals surface area (Å²) in [6.45, 7) is 0.696. The van der Waals surface area contributed by atoms with Gasteiger partial charge in [0.25, 0.3) is 0 Å². The maximum absolute atomic E-state index is 13.7. The molecule has 0 saturated carbocycles. The van der Waals surface area contributed by atoms with Gasteiger partial charge in [0.2, 0.25) is 0 Å². The quantitative estimate of drug-likeness (QED) is 0.777. The van der Waals surface area contributed by atoms with Crippen LogP contribution in [0.5, 0.6) is 11.5 Å². The molecule has 3 aliphatic heterocycles. The smallest absolute Gasteiger partial charge is 0.305 e. The largest absolute Gasteiger partial charge is 0.453 e. The Hall–Kier alpha value is -2.00. The van der Waals surface area contributed by atoms with Crippen LogP contribution in [-0.4, -0.2) is 35.7 Å². The lowest BCUT2D eigenvalue weighted by Crippen LogP contribution is -2.54. The maximum Gasteiger partial charge on any atom is 0.305 e. The Balaban J connectivity index is 1.64. The van der Waals surface area contributed by atoms with Gasteiger partial charge in [-0.25, -0.2) is 4.39 Å². The van der Waals surface area contributed by atoms with E-state index in [9.17, 15) is 8.60 Å². The highest BCUT2D eigenvalue weighted by atomic mass is 32.2. The molecule has 3 heterocycles. The molecule has 1 unspecified atom stereocenters. The van der Waals surface area contributed by atoms with Crippen molar-refractivity contribution in [2.45, 2.75) is 18.2 Å². The summed E-state index contributed by atoms with van der Waals surface area (Å²) in [7, 11) is 0. The third-order valence-corrected chi connectivity index (χ3v) is 5.35. The second-order valence-corrected chi connectivity index (χ2v) is 6.85. The molecular formula is C17H14FNO5S. The first-order valence-corrected chi connectivity index (χ1v) is 8.90. The number of rotatable bonds is 1. The number of halogens is 1. The van der Waals surface area contributed by atoms with Crippen molar-refractivity contribution in [1.29, 1.82) is 0 Å². The van der Waals surface area contributed by atoms with Crippen LogP contribution in [0, 0.1) is 5.82 Å². The first-order valence-electron chi connectivity index (χ1n) is 7.90. The van der Waals surface area contributed by atoms with Crippen molar-refractivity contribution in [2.24, 2.45) is 0 Å². The Bertz CT molecular complexity index is 863. The molecule has 2 aromatic rings. The summed E-state index contributed by atoms with van der Waals surface area (Å²) < 4.78 is 47.7. The van der Waals surface area contributed by atoms with E-state index in [1.54, 1.807) is 6.07 Å². The molecule has 0 bridgehead atoms. The number of anilines is 2. The molecule has 6 nitrogen and oxygen atoms in total. The van der Waals surface area contributed by atoms with Gasteiger partial charge < -0.3 is 14.4 Å². The van der Waals surface area contributed by atoms with E-state index >= 15 is 0 Å². The third kappa shape index (κ3) is 2.44. The Kier molecular flexibility index (Phi) is 3.53. The fraction of sp³-hybridized carbons (Fsp3) is 0.294. The monoisotopic (exact) mass is 363 g/mol. The standard InChI is InChI=1S/C17H14FNO5S/c18-10-5-6-12-15(7-10)22-14-4-2-1-3-11(14)19(12)13-8-21-9-16-17(13)24-25(20)23-16/h1-7,13,16-17H,8-9H2/t13-,16-,17+,25?/m0/s1. The van der Waals surface area contributed by atoms with E-state index in [4.69, 9.17) is 17.8 Å². The lowest BCUT2D eigenvalue weighted by atomic mass is 9.99. The zero-order chi connectivity index (χ0) is 17.0. The van der Waals surface area contributed by atoms with Crippen LogP contribution in [0.1, 0.15) is 0 Å². The van der Waals surface area contributed by atoms with E-state index < -0.39 is 23.6 Å². The van der Waals surface area contributed by atoms with Crippen molar-refractivity contribution in [2.75, 3.05) is 18.1 Å². The molecule has 0 amide bonds. The van der Waals surface area contributed by atoms with Crippen LogP contribution < -0.4 is 9.64 Å². The van der Waals surface area contributed by atoms with Crippen LogP contribution in [0.3, 0.4) is 0 Å². The molecule has 2 saturated heterocycles. The summed E-state index contributed by atoms with van der Waals surface area (Å²) in [5.74, 6) is 0.654. The number of benzene rings is 2. The van der Waals surface area contributed by atoms with E-state index in [2.05, 4.69) is 0 Å². The van der Waals surface area contributed by atoms with Crippen LogP contribution in [0.15, 0.2) is 42.5 Å². The van der Waals surface area contributed by atoms with Gasteiger partial charge in [-0.15, -0.1) is 0 Å². The molecule has 0 N–H and O–H groups in total. The molecule has 0 spiro atoms. The highest BCUT2D eigenvalue weighted by Gasteiger charge is 2.48. The lowest BCUT2D eigenvalue weighted by molar-refractivity contribution is -0.0329. The molecule has 2 aromatic carbocycles. The number of para-hydroxylation sites is 2. The Morgan fingerprint density at radius 2 is 1.88 bits per heavy atom. The Morgan fingerprint density at radius 3 is 2.80 bits per heavy atom. The average Bonchev–Trinajstić information content (AvgIpc) is 3.00. The minimum absolute atomic E-state index is 0.278. The minimum Gasteiger partial charge on any atom is -0.453 e. The van der Waals surface area contributed by atoms with Crippen LogP contribution in [0.25, 0.3) is 0 Å². The van der Waals surface area contributed by atoms with Gasteiger partial charge in [0, 0.05) is 6.07 Å². The van der Waals surface area contributed by atoms with Gasteiger partial charge in [-0.05, 0) is 24.3 Å². The highest BCUT2D eigenvalue weighted by molar-refractivity contribution is 7.75. The average molecular weight is 363 g/mol. The minimum atomic E-state index is -1.79. The number of nitrogens with zero attached hydrogens (tertiary/aromatic N) is 1. The number of hydrogen-bond donors (Lipinski definition) is 0. The van der Waals surface area contributed by atoms with Crippen molar-refractivity contribution < 1.29 is 26.4 Å². The first-order chi connectivity index (χ1) is 12.2. The summed E-state index contributed by atoms with van der Waals surface area (Å²) in [6.07, 6.45) is -0.822. The van der Waals surface area contributed by atoms with Crippen molar-refractivity contribution in [3.63, 3.8) is 0 Å². The molecule has 8 heteroatoms. The van der Waals surface area contributed by atoms with Crippen molar-refractivity contribution >= 4 is 22.7 Å². The van der Waals surface area contributed by atoms with E-state index in [1.807, 2.05) is 29.2 Å². The van der Waals surface area contributed by atoms with E-state index in [0.717, 1.165) is 5.69 Å². The van der Waals surface area contributed by atoms with E-state index in [1.165, 1.54) is 12.1 Å².